The molecule has 116 valence electrons. The van der Waals surface area contributed by atoms with Crippen molar-refractivity contribution in [3.63, 3.8) is 0 Å². The van der Waals surface area contributed by atoms with E-state index in [-0.39, 0.29) is 23.2 Å². The third-order valence-electron chi connectivity index (χ3n) is 3.03. The Kier molecular flexibility index (Phi) is 5.21. The second-order valence-corrected chi connectivity index (χ2v) is 5.64. The van der Waals surface area contributed by atoms with Gasteiger partial charge in [0.1, 0.15) is 11.5 Å². The van der Waals surface area contributed by atoms with Crippen LogP contribution in [0.1, 0.15) is 41.1 Å². The highest BCUT2D eigenvalue weighted by molar-refractivity contribution is 7.14. The third-order valence-corrected chi connectivity index (χ3v) is 3.79. The van der Waals surface area contributed by atoms with Gasteiger partial charge < -0.3 is 5.32 Å². The van der Waals surface area contributed by atoms with E-state index in [9.17, 15) is 14.0 Å². The molecule has 0 spiro atoms. The topological polar surface area (TPSA) is 71.1 Å². The lowest BCUT2D eigenvalue weighted by atomic mass is 10.2. The molecular formula is C15H16FN3O2S. The number of carbonyl (C=O) groups is 2. The van der Waals surface area contributed by atoms with Crippen molar-refractivity contribution in [3.05, 3.63) is 46.7 Å². The predicted molar refractivity (Wildman–Crippen MR) is 83.7 cm³/mol. The second kappa shape index (κ2) is 7.13. The highest BCUT2D eigenvalue weighted by Crippen LogP contribution is 2.17. The molecule has 0 aliphatic carbocycles. The van der Waals surface area contributed by atoms with Crippen molar-refractivity contribution >= 4 is 28.3 Å². The highest BCUT2D eigenvalue weighted by Gasteiger charge is 2.14. The number of nitrogens with zero attached hydrogens (tertiary/aromatic N) is 1. The van der Waals surface area contributed by atoms with Gasteiger partial charge in [0.25, 0.3) is 11.8 Å². The van der Waals surface area contributed by atoms with E-state index in [1.165, 1.54) is 18.2 Å². The molecule has 22 heavy (non-hydrogen) atoms. The van der Waals surface area contributed by atoms with E-state index in [0.717, 1.165) is 23.8 Å². The molecule has 2 N–H and O–H groups in total. The van der Waals surface area contributed by atoms with Crippen molar-refractivity contribution in [2.75, 3.05) is 5.32 Å². The van der Waals surface area contributed by atoms with E-state index in [1.54, 1.807) is 5.38 Å². The van der Waals surface area contributed by atoms with Gasteiger partial charge in [-0.1, -0.05) is 13.0 Å². The summed E-state index contributed by atoms with van der Waals surface area (Å²) in [4.78, 5) is 27.9. The van der Waals surface area contributed by atoms with E-state index >= 15 is 0 Å². The molecule has 1 aromatic carbocycles. The zero-order chi connectivity index (χ0) is 16.1. The lowest BCUT2D eigenvalue weighted by Crippen LogP contribution is -2.32. The molecule has 0 aliphatic heterocycles. The monoisotopic (exact) mass is 321 g/mol. The summed E-state index contributed by atoms with van der Waals surface area (Å²) >= 11 is 1.14. The van der Waals surface area contributed by atoms with Gasteiger partial charge >= 0.3 is 0 Å². The molecule has 1 unspecified atom stereocenters. The van der Waals surface area contributed by atoms with E-state index < -0.39 is 11.7 Å². The molecule has 7 heteroatoms. The van der Waals surface area contributed by atoms with Gasteiger partial charge in [-0.3, -0.25) is 14.9 Å². The summed E-state index contributed by atoms with van der Waals surface area (Å²) in [6, 6.07) is 5.41. The van der Waals surface area contributed by atoms with Crippen LogP contribution in [0, 0.1) is 5.82 Å². The van der Waals surface area contributed by atoms with Gasteiger partial charge in [-0.15, -0.1) is 11.3 Å². The van der Waals surface area contributed by atoms with Gasteiger partial charge in [0.05, 0.1) is 0 Å². The molecule has 0 radical (unpaired) electrons. The third kappa shape index (κ3) is 4.11. The normalized spacial score (nSPS) is 11.8. The van der Waals surface area contributed by atoms with Crippen molar-refractivity contribution in [2.24, 2.45) is 0 Å². The Morgan fingerprint density at radius 1 is 1.36 bits per heavy atom. The number of hydrogen-bond acceptors (Lipinski definition) is 4. The maximum absolute atomic E-state index is 13.1. The summed E-state index contributed by atoms with van der Waals surface area (Å²) in [5.74, 6) is -1.24. The van der Waals surface area contributed by atoms with Gasteiger partial charge in [-0.25, -0.2) is 9.37 Å². The number of amides is 2. The van der Waals surface area contributed by atoms with Crippen LogP contribution in [-0.4, -0.2) is 22.8 Å². The smallest absolute Gasteiger partial charge is 0.271 e. The zero-order valence-electron chi connectivity index (χ0n) is 12.2. The second-order valence-electron chi connectivity index (χ2n) is 4.79. The van der Waals surface area contributed by atoms with E-state index in [0.29, 0.717) is 5.13 Å². The van der Waals surface area contributed by atoms with Gasteiger partial charge in [-0.2, -0.15) is 0 Å². The molecule has 0 fully saturated rings. The van der Waals surface area contributed by atoms with Crippen molar-refractivity contribution < 1.29 is 14.0 Å². The minimum absolute atomic E-state index is 0.0551. The fourth-order valence-electron chi connectivity index (χ4n) is 1.63. The van der Waals surface area contributed by atoms with Gasteiger partial charge in [-0.05, 0) is 31.5 Å². The van der Waals surface area contributed by atoms with Crippen LogP contribution in [0.25, 0.3) is 0 Å². The fourth-order valence-corrected chi connectivity index (χ4v) is 2.32. The summed E-state index contributed by atoms with van der Waals surface area (Å²) in [6.07, 6.45) is 0.818. The largest absolute Gasteiger partial charge is 0.348 e. The Balaban J connectivity index is 2.03. The Labute approximate surface area is 131 Å². The van der Waals surface area contributed by atoms with E-state index in [4.69, 9.17) is 0 Å². The number of rotatable bonds is 5. The first kappa shape index (κ1) is 16.1. The first-order valence-electron chi connectivity index (χ1n) is 6.83. The number of benzene rings is 1. The summed E-state index contributed by atoms with van der Waals surface area (Å²) in [7, 11) is 0. The molecule has 0 saturated heterocycles. The van der Waals surface area contributed by atoms with E-state index in [2.05, 4.69) is 15.6 Å². The number of nitrogens with one attached hydrogen (secondary N) is 2. The summed E-state index contributed by atoms with van der Waals surface area (Å²) in [5, 5.41) is 7.21. The molecule has 1 aromatic heterocycles. The first-order valence-corrected chi connectivity index (χ1v) is 7.71. The van der Waals surface area contributed by atoms with Gasteiger partial charge in [0.2, 0.25) is 0 Å². The number of thiazole rings is 1. The van der Waals surface area contributed by atoms with Crippen molar-refractivity contribution in [1.29, 1.82) is 0 Å². The van der Waals surface area contributed by atoms with Crippen molar-refractivity contribution in [3.8, 4) is 0 Å². The fraction of sp³-hybridized carbons (Fsp3) is 0.267. The Bertz CT molecular complexity index is 687. The summed E-state index contributed by atoms with van der Waals surface area (Å²) in [6.45, 7) is 3.87. The molecule has 1 heterocycles. The molecule has 1 atom stereocenters. The Morgan fingerprint density at radius 3 is 2.82 bits per heavy atom. The average molecular weight is 321 g/mol. The van der Waals surface area contributed by atoms with Crippen molar-refractivity contribution in [2.45, 2.75) is 26.3 Å². The highest BCUT2D eigenvalue weighted by atomic mass is 32.1. The lowest BCUT2D eigenvalue weighted by molar-refractivity contribution is 0.0933. The first-order chi connectivity index (χ1) is 10.5. The quantitative estimate of drug-likeness (QED) is 0.889. The van der Waals surface area contributed by atoms with Crippen LogP contribution in [-0.2, 0) is 0 Å². The van der Waals surface area contributed by atoms with Crippen molar-refractivity contribution in [1.82, 2.24) is 10.3 Å². The molecule has 0 aliphatic rings. The number of halogens is 1. The Hall–Kier alpha value is -2.28. The molecular weight excluding hydrogens is 305 g/mol. The number of anilines is 1. The van der Waals surface area contributed by atoms with Crippen LogP contribution in [0.3, 0.4) is 0 Å². The van der Waals surface area contributed by atoms with Crippen LogP contribution in [0.5, 0.6) is 0 Å². The standard InChI is InChI=1S/C15H16FN3O2S/c1-3-9(2)17-14(21)12-8-22-15(18-12)19-13(20)10-5-4-6-11(16)7-10/h4-9H,3H2,1-2H3,(H,17,21)(H,18,19,20). The minimum atomic E-state index is -0.486. The Morgan fingerprint density at radius 2 is 2.14 bits per heavy atom. The number of aromatic nitrogens is 1. The van der Waals surface area contributed by atoms with Crippen LogP contribution >= 0.6 is 11.3 Å². The molecule has 0 saturated carbocycles. The maximum atomic E-state index is 13.1. The number of hydrogen-bond donors (Lipinski definition) is 2. The zero-order valence-corrected chi connectivity index (χ0v) is 13.0. The van der Waals surface area contributed by atoms with Gasteiger partial charge in [0.15, 0.2) is 5.13 Å². The molecule has 2 amide bonds. The molecule has 5 nitrogen and oxygen atoms in total. The maximum Gasteiger partial charge on any atom is 0.271 e. The van der Waals surface area contributed by atoms with Crippen LogP contribution in [0.15, 0.2) is 29.6 Å². The van der Waals surface area contributed by atoms with Crippen LogP contribution in [0.2, 0.25) is 0 Å². The van der Waals surface area contributed by atoms with Crippen LogP contribution in [0.4, 0.5) is 9.52 Å². The minimum Gasteiger partial charge on any atom is -0.348 e. The molecule has 2 rings (SSSR count). The van der Waals surface area contributed by atoms with Crippen LogP contribution < -0.4 is 10.6 Å². The molecule has 0 bridgehead atoms. The molecule has 2 aromatic rings. The SMILES string of the molecule is CCC(C)NC(=O)c1csc(NC(=O)c2cccc(F)c2)n1. The summed E-state index contributed by atoms with van der Waals surface area (Å²) in [5.41, 5.74) is 0.445. The predicted octanol–water partition coefficient (Wildman–Crippen LogP) is 3.06. The average Bonchev–Trinajstić information content (AvgIpc) is 2.95. The lowest BCUT2D eigenvalue weighted by Gasteiger charge is -2.09. The summed E-state index contributed by atoms with van der Waals surface area (Å²) < 4.78 is 13.1. The van der Waals surface area contributed by atoms with Gasteiger partial charge in [0, 0.05) is 17.0 Å². The van der Waals surface area contributed by atoms with E-state index in [1.807, 2.05) is 13.8 Å². The number of carbonyl (C=O) groups excluding carboxylic acids is 2.